The van der Waals surface area contributed by atoms with Crippen molar-refractivity contribution < 1.29 is 4.79 Å². The van der Waals surface area contributed by atoms with Crippen LogP contribution in [0.25, 0.3) is 0 Å². The smallest absolute Gasteiger partial charge is 0.279 e. The molecule has 0 unspecified atom stereocenters. The number of hydrogen-bond acceptors (Lipinski definition) is 4. The summed E-state index contributed by atoms with van der Waals surface area (Å²) in [5.41, 5.74) is 0.621. The Labute approximate surface area is 107 Å². The minimum Gasteiger partial charge on any atom is -0.297 e. The lowest BCUT2D eigenvalue weighted by Crippen LogP contribution is -2.26. The van der Waals surface area contributed by atoms with Crippen LogP contribution in [-0.4, -0.2) is 34.2 Å². The first-order valence-electron chi connectivity index (χ1n) is 5.19. The highest BCUT2D eigenvalue weighted by molar-refractivity contribution is 8.88. The Bertz CT molecular complexity index is 513. The van der Waals surface area contributed by atoms with Gasteiger partial charge in [0, 0.05) is 12.1 Å². The van der Waals surface area contributed by atoms with Crippen molar-refractivity contribution in [2.24, 2.45) is 9.98 Å². The third-order valence-electron chi connectivity index (χ3n) is 2.44. The zero-order valence-corrected chi connectivity index (χ0v) is 10.5. The van der Waals surface area contributed by atoms with E-state index in [-0.39, 0.29) is 5.91 Å². The average Bonchev–Trinajstić information content (AvgIpc) is 2.95. The average molecular weight is 263 g/mol. The van der Waals surface area contributed by atoms with Crippen LogP contribution in [0.5, 0.6) is 0 Å². The maximum atomic E-state index is 11.9. The second kappa shape index (κ2) is 4.54. The lowest BCUT2D eigenvalue weighted by Gasteiger charge is -2.09. The van der Waals surface area contributed by atoms with E-state index in [4.69, 9.17) is 0 Å². The molecule has 6 heteroatoms. The summed E-state index contributed by atoms with van der Waals surface area (Å²) in [6.45, 7) is 1.62. The molecule has 1 fully saturated rings. The molecule has 0 saturated carbocycles. The molecule has 3 rings (SSSR count). The van der Waals surface area contributed by atoms with Crippen LogP contribution in [0, 0.1) is 0 Å². The fraction of sp³-hybridized carbons (Fsp3) is 0.182. The first-order valence-corrected chi connectivity index (χ1v) is 7.34. The van der Waals surface area contributed by atoms with E-state index in [2.05, 4.69) is 9.98 Å². The van der Waals surface area contributed by atoms with Crippen LogP contribution in [0.15, 0.2) is 40.3 Å². The van der Waals surface area contributed by atoms with Gasteiger partial charge in [-0.2, -0.15) is 4.99 Å². The molecule has 0 aromatic heterocycles. The number of carbonyl (C=O) groups excluding carboxylic acids is 1. The maximum absolute atomic E-state index is 11.9. The molecule has 17 heavy (non-hydrogen) atoms. The summed E-state index contributed by atoms with van der Waals surface area (Å²) in [4.78, 5) is 22.4. The zero-order chi connectivity index (χ0) is 11.7. The lowest BCUT2D eigenvalue weighted by atomic mass is 10.2. The van der Waals surface area contributed by atoms with E-state index in [9.17, 15) is 4.79 Å². The first-order chi connectivity index (χ1) is 8.34. The molecular weight excluding hydrogens is 254 g/mol. The topological polar surface area (TPSA) is 45.0 Å². The number of amides is 1. The van der Waals surface area contributed by atoms with Gasteiger partial charge in [0.05, 0.1) is 6.54 Å². The molecule has 0 atom stereocenters. The Morgan fingerprint density at radius 3 is 2.94 bits per heavy atom. The Hall–Kier alpha value is -1.27. The third-order valence-corrected chi connectivity index (χ3v) is 4.63. The van der Waals surface area contributed by atoms with E-state index in [0.29, 0.717) is 5.56 Å². The highest BCUT2D eigenvalue weighted by atomic mass is 33.1. The molecule has 2 heterocycles. The Morgan fingerprint density at radius 1 is 1.29 bits per heavy atom. The van der Waals surface area contributed by atoms with Crippen LogP contribution < -0.4 is 0 Å². The Balaban J connectivity index is 1.83. The highest BCUT2D eigenvalue weighted by Gasteiger charge is 2.31. The normalized spacial score (nSPS) is 20.6. The summed E-state index contributed by atoms with van der Waals surface area (Å²) < 4.78 is 0. The predicted octanol–water partition coefficient (Wildman–Crippen LogP) is 2.25. The quantitative estimate of drug-likeness (QED) is 0.729. The standard InChI is InChI=1S/C11H9N3OS2/c15-9(8-4-2-1-3-5-8)13-11-14-7-6-12-10(14)16-17-11/h1-5H,6-7H2/b13-11-. The van der Waals surface area contributed by atoms with Crippen LogP contribution in [0.2, 0.25) is 0 Å². The van der Waals surface area contributed by atoms with Crippen molar-refractivity contribution >= 4 is 37.8 Å². The van der Waals surface area contributed by atoms with Crippen LogP contribution in [0.3, 0.4) is 0 Å². The van der Waals surface area contributed by atoms with Crippen molar-refractivity contribution in [3.63, 3.8) is 0 Å². The number of rotatable bonds is 1. The molecule has 0 bridgehead atoms. The minimum absolute atomic E-state index is 0.193. The summed E-state index contributed by atoms with van der Waals surface area (Å²) in [6.07, 6.45) is 0. The van der Waals surface area contributed by atoms with Gasteiger partial charge in [0.1, 0.15) is 0 Å². The lowest BCUT2D eigenvalue weighted by molar-refractivity contribution is 0.100. The van der Waals surface area contributed by atoms with E-state index in [1.54, 1.807) is 22.9 Å². The fourth-order valence-electron chi connectivity index (χ4n) is 1.61. The van der Waals surface area contributed by atoms with Gasteiger partial charge in [-0.05, 0) is 33.7 Å². The fourth-order valence-corrected chi connectivity index (χ4v) is 3.87. The number of nitrogens with zero attached hydrogens (tertiary/aromatic N) is 3. The molecule has 0 N–H and O–H groups in total. The van der Waals surface area contributed by atoms with Gasteiger partial charge in [0.2, 0.25) is 0 Å². The van der Waals surface area contributed by atoms with Crippen molar-refractivity contribution in [1.82, 2.24) is 4.90 Å². The summed E-state index contributed by atoms with van der Waals surface area (Å²) in [7, 11) is 3.07. The van der Waals surface area contributed by atoms with Crippen molar-refractivity contribution in [2.45, 2.75) is 0 Å². The maximum Gasteiger partial charge on any atom is 0.279 e. The van der Waals surface area contributed by atoms with Crippen LogP contribution in [0.4, 0.5) is 0 Å². The minimum atomic E-state index is -0.193. The molecule has 0 aliphatic carbocycles. The molecule has 2 aliphatic heterocycles. The monoisotopic (exact) mass is 263 g/mol. The van der Waals surface area contributed by atoms with Gasteiger partial charge in [0.25, 0.3) is 5.91 Å². The number of hydrogen-bond donors (Lipinski definition) is 0. The van der Waals surface area contributed by atoms with E-state index < -0.39 is 0 Å². The van der Waals surface area contributed by atoms with Gasteiger partial charge in [-0.25, -0.2) is 0 Å². The van der Waals surface area contributed by atoms with Gasteiger partial charge in [-0.15, -0.1) is 0 Å². The molecule has 1 saturated heterocycles. The molecule has 0 spiro atoms. The van der Waals surface area contributed by atoms with Crippen LogP contribution in [0.1, 0.15) is 10.4 Å². The zero-order valence-electron chi connectivity index (χ0n) is 8.87. The summed E-state index contributed by atoms with van der Waals surface area (Å²) in [5.74, 6) is -0.193. The van der Waals surface area contributed by atoms with Crippen molar-refractivity contribution in [3.8, 4) is 0 Å². The SMILES string of the molecule is O=C(/N=C1\SSC2=NCCN21)c1ccccc1. The third kappa shape index (κ3) is 2.10. The predicted molar refractivity (Wildman–Crippen MR) is 72.4 cm³/mol. The van der Waals surface area contributed by atoms with E-state index in [0.717, 1.165) is 23.4 Å². The number of benzene rings is 1. The first kappa shape index (κ1) is 10.9. The van der Waals surface area contributed by atoms with Gasteiger partial charge in [-0.3, -0.25) is 14.7 Å². The van der Waals surface area contributed by atoms with E-state index in [1.807, 2.05) is 23.1 Å². The second-order valence-electron chi connectivity index (χ2n) is 3.55. The molecule has 0 radical (unpaired) electrons. The Morgan fingerprint density at radius 2 is 2.12 bits per heavy atom. The van der Waals surface area contributed by atoms with Gasteiger partial charge in [-0.1, -0.05) is 18.2 Å². The molecular formula is C11H9N3OS2. The molecule has 4 nitrogen and oxygen atoms in total. The van der Waals surface area contributed by atoms with Gasteiger partial charge < -0.3 is 0 Å². The number of aliphatic imine (C=N–C) groups is 2. The van der Waals surface area contributed by atoms with Crippen molar-refractivity contribution in [1.29, 1.82) is 0 Å². The molecule has 1 aromatic carbocycles. The number of fused-ring (bicyclic) bond motifs is 1. The summed E-state index contributed by atoms with van der Waals surface area (Å²) in [5, 5.41) is 1.72. The largest absolute Gasteiger partial charge is 0.297 e. The van der Waals surface area contributed by atoms with Crippen molar-refractivity contribution in [2.75, 3.05) is 13.1 Å². The van der Waals surface area contributed by atoms with Gasteiger partial charge in [0.15, 0.2) is 10.3 Å². The molecule has 2 aliphatic rings. The van der Waals surface area contributed by atoms with E-state index >= 15 is 0 Å². The van der Waals surface area contributed by atoms with Crippen molar-refractivity contribution in [3.05, 3.63) is 35.9 Å². The van der Waals surface area contributed by atoms with E-state index in [1.165, 1.54) is 10.8 Å². The Kier molecular flexibility index (Phi) is 2.90. The molecule has 1 aromatic rings. The van der Waals surface area contributed by atoms with Crippen LogP contribution in [-0.2, 0) is 0 Å². The van der Waals surface area contributed by atoms with Crippen LogP contribution >= 0.6 is 21.6 Å². The summed E-state index contributed by atoms with van der Waals surface area (Å²) >= 11 is 0. The second-order valence-corrected chi connectivity index (χ2v) is 5.61. The van der Waals surface area contributed by atoms with Gasteiger partial charge >= 0.3 is 0 Å². The number of amidine groups is 2. The molecule has 86 valence electrons. The highest BCUT2D eigenvalue weighted by Crippen LogP contribution is 2.38. The summed E-state index contributed by atoms with van der Waals surface area (Å²) in [6, 6.07) is 9.12. The number of carbonyl (C=O) groups is 1. The molecule has 1 amide bonds.